The molecular weight excluding hydrogens is 322 g/mol. The zero-order valence-corrected chi connectivity index (χ0v) is 13.9. The molecule has 3 aromatic carbocycles. The Kier molecular flexibility index (Phi) is 3.83. The van der Waals surface area contributed by atoms with Crippen LogP contribution in [0, 0.1) is 11.3 Å². The van der Waals surface area contributed by atoms with Crippen molar-refractivity contribution in [2.24, 2.45) is 4.99 Å². The molecule has 1 aliphatic rings. The maximum absolute atomic E-state index is 13.1. The topological polar surface area (TPSA) is 65.2 Å². The molecule has 0 radical (unpaired) electrons. The lowest BCUT2D eigenvalue weighted by Gasteiger charge is -2.24. The molecule has 1 aliphatic heterocycles. The number of rotatable bonds is 3. The van der Waals surface area contributed by atoms with E-state index < -0.39 is 5.54 Å². The van der Waals surface area contributed by atoms with Crippen molar-refractivity contribution < 1.29 is 4.79 Å². The number of amidine groups is 1. The molecule has 0 atom stereocenters. The van der Waals surface area contributed by atoms with Crippen molar-refractivity contribution in [3.8, 4) is 6.07 Å². The van der Waals surface area contributed by atoms with Crippen LogP contribution in [0.4, 0.5) is 0 Å². The number of amides is 1. The van der Waals surface area contributed by atoms with E-state index in [0.29, 0.717) is 17.0 Å². The molecule has 0 saturated carbocycles. The third-order valence-electron chi connectivity index (χ3n) is 4.49. The minimum Gasteiger partial charge on any atom is -0.308 e. The number of nitrogens with zero attached hydrogens (tertiary/aromatic N) is 2. The summed E-state index contributed by atoms with van der Waals surface area (Å²) in [5.41, 5.74) is 1.70. The molecule has 1 heterocycles. The second-order valence-corrected chi connectivity index (χ2v) is 6.05. The van der Waals surface area contributed by atoms with Crippen LogP contribution in [-0.4, -0.2) is 11.7 Å². The smallest absolute Gasteiger partial charge is 0.262 e. The van der Waals surface area contributed by atoms with Crippen LogP contribution in [-0.2, 0) is 10.3 Å². The molecule has 4 rings (SSSR count). The molecule has 0 unspecified atom stereocenters. The standard InChI is InChI=1S/C22H15N3O/c23-15-16-8-7-9-17(14-16)20-24-21(26)22(25-20,18-10-3-1-4-11-18)19-12-5-2-6-13-19/h1-14H,(H,24,25,26). The van der Waals surface area contributed by atoms with E-state index >= 15 is 0 Å². The Hall–Kier alpha value is -3.71. The van der Waals surface area contributed by atoms with Crippen molar-refractivity contribution in [1.82, 2.24) is 5.32 Å². The molecule has 26 heavy (non-hydrogen) atoms. The predicted molar refractivity (Wildman–Crippen MR) is 99.5 cm³/mol. The second kappa shape index (κ2) is 6.30. The number of nitrogens with one attached hydrogen (secondary N) is 1. The Morgan fingerprint density at radius 2 is 1.46 bits per heavy atom. The Morgan fingerprint density at radius 3 is 2.04 bits per heavy atom. The van der Waals surface area contributed by atoms with Crippen LogP contribution in [0.5, 0.6) is 0 Å². The zero-order valence-electron chi connectivity index (χ0n) is 13.9. The highest BCUT2D eigenvalue weighted by atomic mass is 16.2. The van der Waals surface area contributed by atoms with E-state index in [2.05, 4.69) is 11.4 Å². The first-order valence-electron chi connectivity index (χ1n) is 8.27. The summed E-state index contributed by atoms with van der Waals surface area (Å²) in [7, 11) is 0. The van der Waals surface area contributed by atoms with Gasteiger partial charge in [0.25, 0.3) is 5.91 Å². The Labute approximate surface area is 151 Å². The van der Waals surface area contributed by atoms with Gasteiger partial charge in [0, 0.05) is 5.56 Å². The summed E-state index contributed by atoms with van der Waals surface area (Å²) in [6, 6.07) is 28.3. The molecule has 1 amide bonds. The summed E-state index contributed by atoms with van der Waals surface area (Å²) in [4.78, 5) is 18.0. The van der Waals surface area contributed by atoms with Gasteiger partial charge in [0.05, 0.1) is 11.6 Å². The number of hydrogen-bond acceptors (Lipinski definition) is 3. The molecular formula is C22H15N3O. The lowest BCUT2D eigenvalue weighted by atomic mass is 9.83. The fourth-order valence-electron chi connectivity index (χ4n) is 3.23. The summed E-state index contributed by atoms with van der Waals surface area (Å²) < 4.78 is 0. The lowest BCUT2D eigenvalue weighted by Crippen LogP contribution is -2.38. The number of nitriles is 1. The van der Waals surface area contributed by atoms with E-state index in [1.807, 2.05) is 66.7 Å². The highest BCUT2D eigenvalue weighted by molar-refractivity contribution is 6.16. The van der Waals surface area contributed by atoms with Gasteiger partial charge < -0.3 is 5.32 Å². The van der Waals surface area contributed by atoms with Gasteiger partial charge in [-0.3, -0.25) is 4.79 Å². The highest BCUT2D eigenvalue weighted by Gasteiger charge is 2.46. The number of carbonyl (C=O) groups is 1. The van der Waals surface area contributed by atoms with E-state index in [1.54, 1.807) is 18.2 Å². The van der Waals surface area contributed by atoms with E-state index in [1.165, 1.54) is 0 Å². The molecule has 1 N–H and O–H groups in total. The van der Waals surface area contributed by atoms with Gasteiger partial charge in [0.1, 0.15) is 5.84 Å². The maximum atomic E-state index is 13.1. The molecule has 4 nitrogen and oxygen atoms in total. The first kappa shape index (κ1) is 15.8. The molecule has 124 valence electrons. The average molecular weight is 337 g/mol. The normalized spacial score (nSPS) is 15.0. The molecule has 4 heteroatoms. The van der Waals surface area contributed by atoms with Crippen molar-refractivity contribution in [3.63, 3.8) is 0 Å². The van der Waals surface area contributed by atoms with Gasteiger partial charge in [0.2, 0.25) is 0 Å². The lowest BCUT2D eigenvalue weighted by molar-refractivity contribution is -0.122. The number of hydrogen-bond donors (Lipinski definition) is 1. The van der Waals surface area contributed by atoms with Gasteiger partial charge >= 0.3 is 0 Å². The molecule has 0 aromatic heterocycles. The minimum absolute atomic E-state index is 0.202. The van der Waals surface area contributed by atoms with Crippen LogP contribution < -0.4 is 5.32 Å². The van der Waals surface area contributed by atoms with E-state index in [0.717, 1.165) is 11.1 Å². The van der Waals surface area contributed by atoms with Gasteiger partial charge in [0.15, 0.2) is 5.54 Å². The minimum atomic E-state index is -1.14. The number of benzene rings is 3. The maximum Gasteiger partial charge on any atom is 0.262 e. The van der Waals surface area contributed by atoms with Crippen molar-refractivity contribution in [2.45, 2.75) is 5.54 Å². The third kappa shape index (κ3) is 2.47. The third-order valence-corrected chi connectivity index (χ3v) is 4.49. The van der Waals surface area contributed by atoms with Crippen molar-refractivity contribution in [2.75, 3.05) is 0 Å². The van der Waals surface area contributed by atoms with Gasteiger partial charge in [-0.15, -0.1) is 0 Å². The Morgan fingerprint density at radius 1 is 0.846 bits per heavy atom. The molecule has 0 spiro atoms. The Balaban J connectivity index is 1.93. The summed E-state index contributed by atoms with van der Waals surface area (Å²) in [6.07, 6.45) is 0. The number of carbonyl (C=O) groups excluding carboxylic acids is 1. The second-order valence-electron chi connectivity index (χ2n) is 6.05. The van der Waals surface area contributed by atoms with Gasteiger partial charge in [-0.25, -0.2) is 4.99 Å². The predicted octanol–water partition coefficient (Wildman–Crippen LogP) is 3.38. The highest BCUT2D eigenvalue weighted by Crippen LogP contribution is 2.37. The SMILES string of the molecule is N#Cc1cccc(C2=NC(c3ccccc3)(c3ccccc3)C(=O)N2)c1. The summed E-state index contributed by atoms with van der Waals surface area (Å²) >= 11 is 0. The van der Waals surface area contributed by atoms with Crippen LogP contribution in [0.3, 0.4) is 0 Å². The summed E-state index contributed by atoms with van der Waals surface area (Å²) in [5.74, 6) is 0.270. The number of aliphatic imine (C=N–C) groups is 1. The first-order valence-corrected chi connectivity index (χ1v) is 8.27. The van der Waals surface area contributed by atoms with Crippen LogP contribution in [0.2, 0.25) is 0 Å². The van der Waals surface area contributed by atoms with Crippen LogP contribution in [0.15, 0.2) is 89.9 Å². The molecule has 0 saturated heterocycles. The van der Waals surface area contributed by atoms with Gasteiger partial charge in [-0.05, 0) is 23.3 Å². The summed E-state index contributed by atoms with van der Waals surface area (Å²) in [6.45, 7) is 0. The van der Waals surface area contributed by atoms with E-state index in [-0.39, 0.29) is 5.91 Å². The summed E-state index contributed by atoms with van der Waals surface area (Å²) in [5, 5.41) is 12.0. The molecule has 3 aromatic rings. The molecule has 0 bridgehead atoms. The first-order chi connectivity index (χ1) is 12.7. The van der Waals surface area contributed by atoms with Crippen molar-refractivity contribution >= 4 is 11.7 Å². The van der Waals surface area contributed by atoms with Crippen LogP contribution in [0.25, 0.3) is 0 Å². The quantitative estimate of drug-likeness (QED) is 0.796. The van der Waals surface area contributed by atoms with Crippen molar-refractivity contribution in [3.05, 3.63) is 107 Å². The van der Waals surface area contributed by atoms with Gasteiger partial charge in [-0.1, -0.05) is 72.8 Å². The van der Waals surface area contributed by atoms with E-state index in [9.17, 15) is 4.79 Å². The van der Waals surface area contributed by atoms with Crippen molar-refractivity contribution in [1.29, 1.82) is 5.26 Å². The monoisotopic (exact) mass is 337 g/mol. The van der Waals surface area contributed by atoms with Crippen LogP contribution in [0.1, 0.15) is 22.3 Å². The Bertz CT molecular complexity index is 994. The fraction of sp³-hybridized carbons (Fsp3) is 0.0455. The van der Waals surface area contributed by atoms with Crippen LogP contribution >= 0.6 is 0 Å². The van der Waals surface area contributed by atoms with Gasteiger partial charge in [-0.2, -0.15) is 5.26 Å². The molecule has 0 aliphatic carbocycles. The fourth-order valence-corrected chi connectivity index (χ4v) is 3.23. The molecule has 0 fully saturated rings. The largest absolute Gasteiger partial charge is 0.308 e. The average Bonchev–Trinajstić information content (AvgIpc) is 3.08. The van der Waals surface area contributed by atoms with E-state index in [4.69, 9.17) is 10.3 Å². The zero-order chi connectivity index (χ0) is 18.0.